The van der Waals surface area contributed by atoms with E-state index in [4.69, 9.17) is 5.73 Å². The summed E-state index contributed by atoms with van der Waals surface area (Å²) in [5, 5.41) is 0.812. The van der Waals surface area contributed by atoms with Crippen molar-refractivity contribution in [3.8, 4) is 11.1 Å². The molecule has 0 spiro atoms. The number of amides is 1. The molecule has 0 fully saturated rings. The minimum Gasteiger partial charge on any atom is -0.366 e. The minimum atomic E-state index is -1.07. The van der Waals surface area contributed by atoms with Crippen molar-refractivity contribution in [2.75, 3.05) is 0 Å². The molecule has 0 aliphatic rings. The maximum atomic E-state index is 13.4. The lowest BCUT2D eigenvalue weighted by atomic mass is 9.99. The van der Waals surface area contributed by atoms with Crippen molar-refractivity contribution in [2.24, 2.45) is 5.73 Å². The second kappa shape index (κ2) is 7.71. The van der Waals surface area contributed by atoms with Crippen molar-refractivity contribution in [1.29, 1.82) is 0 Å². The van der Waals surface area contributed by atoms with Crippen LogP contribution in [0.25, 0.3) is 28.2 Å². The molecule has 0 unspecified atom stereocenters. The van der Waals surface area contributed by atoms with Gasteiger partial charge in [0.1, 0.15) is 5.65 Å². The number of carbonyl (C=O) groups is 2. The number of nitrogens with two attached hydrogens (primary N) is 1. The molecule has 3 N–H and O–H groups in total. The van der Waals surface area contributed by atoms with Crippen molar-refractivity contribution < 1.29 is 18.4 Å². The van der Waals surface area contributed by atoms with E-state index in [9.17, 15) is 18.4 Å². The third-order valence-corrected chi connectivity index (χ3v) is 4.65. The molecule has 30 heavy (non-hydrogen) atoms. The van der Waals surface area contributed by atoms with E-state index in [1.807, 2.05) is 6.07 Å². The van der Waals surface area contributed by atoms with Gasteiger partial charge in [-0.05, 0) is 35.9 Å². The molecule has 0 saturated heterocycles. The van der Waals surface area contributed by atoms with Crippen LogP contribution in [0.4, 0.5) is 8.78 Å². The first kappa shape index (κ1) is 19.2. The van der Waals surface area contributed by atoms with E-state index < -0.39 is 23.3 Å². The molecule has 7 heteroatoms. The van der Waals surface area contributed by atoms with Crippen LogP contribution in [-0.4, -0.2) is 21.7 Å². The van der Waals surface area contributed by atoms with Crippen LogP contribution in [-0.2, 0) is 4.79 Å². The second-order valence-electron chi connectivity index (χ2n) is 6.64. The Morgan fingerprint density at radius 2 is 1.67 bits per heavy atom. The Kier molecular flexibility index (Phi) is 4.93. The summed E-state index contributed by atoms with van der Waals surface area (Å²) in [4.78, 5) is 30.9. The number of nitrogens with zero attached hydrogens (tertiary/aromatic N) is 1. The highest BCUT2D eigenvalue weighted by Crippen LogP contribution is 2.26. The molecule has 5 nitrogen and oxygen atoms in total. The normalized spacial score (nSPS) is 11.3. The Hall–Kier alpha value is -4.13. The van der Waals surface area contributed by atoms with Gasteiger partial charge >= 0.3 is 0 Å². The molecule has 148 valence electrons. The molecule has 0 aliphatic carbocycles. The quantitative estimate of drug-likeness (QED) is 0.386. The predicted molar refractivity (Wildman–Crippen MR) is 110 cm³/mol. The van der Waals surface area contributed by atoms with E-state index >= 15 is 0 Å². The van der Waals surface area contributed by atoms with Gasteiger partial charge in [-0.1, -0.05) is 24.3 Å². The molecule has 4 rings (SSSR count). The van der Waals surface area contributed by atoms with Gasteiger partial charge in [0.15, 0.2) is 17.4 Å². The maximum absolute atomic E-state index is 13.4. The number of nitrogens with one attached hydrogen (secondary N) is 1. The van der Waals surface area contributed by atoms with Gasteiger partial charge in [0.05, 0.1) is 0 Å². The van der Waals surface area contributed by atoms with E-state index in [1.54, 1.807) is 42.7 Å². The number of aromatic amines is 1. The van der Waals surface area contributed by atoms with Crippen LogP contribution in [0, 0.1) is 11.6 Å². The number of rotatable bonds is 5. The van der Waals surface area contributed by atoms with Crippen LogP contribution in [0.15, 0.2) is 67.0 Å². The highest BCUT2D eigenvalue weighted by Gasteiger charge is 2.13. The zero-order valence-corrected chi connectivity index (χ0v) is 15.5. The molecule has 0 radical (unpaired) electrons. The van der Waals surface area contributed by atoms with Crippen LogP contribution >= 0.6 is 0 Å². The van der Waals surface area contributed by atoms with Crippen molar-refractivity contribution in [2.45, 2.75) is 0 Å². The molecule has 2 aromatic carbocycles. The zero-order chi connectivity index (χ0) is 21.3. The lowest BCUT2D eigenvalue weighted by molar-refractivity contribution is -0.113. The summed E-state index contributed by atoms with van der Waals surface area (Å²) in [7, 11) is 0. The topological polar surface area (TPSA) is 88.8 Å². The number of H-pyrrole nitrogens is 1. The molecule has 0 aliphatic heterocycles. The van der Waals surface area contributed by atoms with Gasteiger partial charge in [0, 0.05) is 46.1 Å². The van der Waals surface area contributed by atoms with Gasteiger partial charge < -0.3 is 10.7 Å². The lowest BCUT2D eigenvalue weighted by Gasteiger charge is -2.05. The van der Waals surface area contributed by atoms with Crippen LogP contribution in [0.5, 0.6) is 0 Å². The summed E-state index contributed by atoms with van der Waals surface area (Å²) in [6, 6.07) is 11.7. The maximum Gasteiger partial charge on any atom is 0.241 e. The van der Waals surface area contributed by atoms with Crippen molar-refractivity contribution in [1.82, 2.24) is 9.97 Å². The first-order chi connectivity index (χ1) is 14.4. The first-order valence-electron chi connectivity index (χ1n) is 8.97. The fraction of sp³-hybridized carbons (Fsp3) is 0. The number of ketones is 1. The Labute approximate surface area is 169 Å². The summed E-state index contributed by atoms with van der Waals surface area (Å²) in [5.74, 6) is -3.02. The average molecular weight is 403 g/mol. The number of primary amides is 1. The summed E-state index contributed by atoms with van der Waals surface area (Å²) in [6.07, 6.45) is 6.29. The van der Waals surface area contributed by atoms with Crippen LogP contribution in [0.3, 0.4) is 0 Å². The molecule has 4 aromatic rings. The fourth-order valence-electron chi connectivity index (χ4n) is 3.11. The number of fused-ring (bicyclic) bond motifs is 1. The average Bonchev–Trinajstić information content (AvgIpc) is 3.16. The van der Waals surface area contributed by atoms with E-state index in [-0.39, 0.29) is 5.56 Å². The molecular formula is C23H15F2N3O2. The van der Waals surface area contributed by atoms with Crippen molar-refractivity contribution in [3.63, 3.8) is 0 Å². The van der Waals surface area contributed by atoms with Gasteiger partial charge in [0.25, 0.3) is 0 Å². The van der Waals surface area contributed by atoms with Crippen LogP contribution in [0.2, 0.25) is 0 Å². The summed E-state index contributed by atoms with van der Waals surface area (Å²) in [5.41, 5.74) is 8.63. The number of carbonyl (C=O) groups excluding carboxylic acids is 2. The van der Waals surface area contributed by atoms with Gasteiger partial charge in [-0.15, -0.1) is 0 Å². The third kappa shape index (κ3) is 3.73. The highest BCUT2D eigenvalue weighted by molar-refractivity contribution is 6.09. The molecule has 0 atom stereocenters. The van der Waals surface area contributed by atoms with Gasteiger partial charge in [0.2, 0.25) is 5.91 Å². The largest absolute Gasteiger partial charge is 0.366 e. The number of hydrogen-bond acceptors (Lipinski definition) is 3. The van der Waals surface area contributed by atoms with Gasteiger partial charge in [-0.2, -0.15) is 0 Å². The van der Waals surface area contributed by atoms with Crippen molar-refractivity contribution >= 4 is 28.8 Å². The standard InChI is InChI=1S/C23H15F2N3O2/c24-19-7-5-15(10-20(19)25)22(30)14-3-1-13(2-4-14)17-9-18-16(6-8-21(26)29)11-27-23(18)28-12-17/h1-12H,(H2,26,29)(H,27,28). The van der Waals surface area contributed by atoms with E-state index in [2.05, 4.69) is 9.97 Å². The SMILES string of the molecule is NC(=O)C=Cc1c[nH]c2ncc(-c3ccc(C(=O)c4ccc(F)c(F)c4)cc3)cc12. The number of benzene rings is 2. The Morgan fingerprint density at radius 3 is 2.37 bits per heavy atom. The molecule has 0 saturated carbocycles. The zero-order valence-electron chi connectivity index (χ0n) is 15.5. The Morgan fingerprint density at radius 1 is 0.933 bits per heavy atom. The highest BCUT2D eigenvalue weighted by atomic mass is 19.2. The number of hydrogen-bond donors (Lipinski definition) is 2. The summed E-state index contributed by atoms with van der Waals surface area (Å²) in [6.45, 7) is 0. The molecule has 2 aromatic heterocycles. The Bertz CT molecular complexity index is 1310. The minimum absolute atomic E-state index is 0.0722. The summed E-state index contributed by atoms with van der Waals surface area (Å²) < 4.78 is 26.5. The third-order valence-electron chi connectivity index (χ3n) is 4.65. The summed E-state index contributed by atoms with van der Waals surface area (Å²) >= 11 is 0. The lowest BCUT2D eigenvalue weighted by Crippen LogP contribution is -2.04. The molecule has 1 amide bonds. The molecule has 0 bridgehead atoms. The van der Waals surface area contributed by atoms with Crippen molar-refractivity contribution in [3.05, 3.63) is 95.3 Å². The number of halogens is 2. The van der Waals surface area contributed by atoms with Crippen LogP contribution in [0.1, 0.15) is 21.5 Å². The van der Waals surface area contributed by atoms with E-state index in [0.717, 1.165) is 34.2 Å². The number of aromatic nitrogens is 2. The van der Waals surface area contributed by atoms with Gasteiger partial charge in [-0.3, -0.25) is 9.59 Å². The predicted octanol–water partition coefficient (Wildman–Crippen LogP) is 4.24. The molecule has 2 heterocycles. The van der Waals surface area contributed by atoms with E-state index in [0.29, 0.717) is 11.2 Å². The second-order valence-corrected chi connectivity index (χ2v) is 6.64. The smallest absolute Gasteiger partial charge is 0.241 e. The monoisotopic (exact) mass is 403 g/mol. The van der Waals surface area contributed by atoms with Crippen LogP contribution < -0.4 is 5.73 Å². The van der Waals surface area contributed by atoms with E-state index in [1.165, 1.54) is 12.1 Å². The first-order valence-corrected chi connectivity index (χ1v) is 8.97. The molecular weight excluding hydrogens is 388 g/mol. The Balaban J connectivity index is 1.64. The fourth-order valence-corrected chi connectivity index (χ4v) is 3.11. The van der Waals surface area contributed by atoms with Gasteiger partial charge in [-0.25, -0.2) is 13.8 Å². The number of pyridine rings is 1.